The number of rotatable bonds is 8. The first kappa shape index (κ1) is 26.9. The van der Waals surface area contributed by atoms with Crippen LogP contribution < -0.4 is 10.6 Å². The molecule has 0 aliphatic heterocycles. The predicted molar refractivity (Wildman–Crippen MR) is 168 cm³/mol. The fraction of sp³-hybridized carbons (Fsp3) is 0.0556. The number of carbonyl (C=O) groups excluding carboxylic acids is 2. The van der Waals surface area contributed by atoms with Crippen LogP contribution in [0.15, 0.2) is 131 Å². The molecule has 2 N–H and O–H groups in total. The van der Waals surface area contributed by atoms with E-state index in [1.807, 2.05) is 84.9 Å². The molecule has 214 valence electrons. The summed E-state index contributed by atoms with van der Waals surface area (Å²) >= 11 is 0. The van der Waals surface area contributed by atoms with Crippen molar-refractivity contribution < 1.29 is 18.4 Å². The van der Waals surface area contributed by atoms with E-state index in [9.17, 15) is 9.59 Å². The molecular formula is C36H26N4O4. The number of pyridine rings is 2. The van der Waals surface area contributed by atoms with Gasteiger partial charge in [0, 0.05) is 23.9 Å². The van der Waals surface area contributed by atoms with Gasteiger partial charge in [-0.2, -0.15) is 0 Å². The molecule has 8 nitrogen and oxygen atoms in total. The van der Waals surface area contributed by atoms with Crippen molar-refractivity contribution in [1.29, 1.82) is 0 Å². The largest absolute Gasteiger partial charge is 0.463 e. The molecule has 8 heteroatoms. The molecule has 2 amide bonds. The summed E-state index contributed by atoms with van der Waals surface area (Å²) < 4.78 is 11.1. The van der Waals surface area contributed by atoms with Crippen molar-refractivity contribution in [2.45, 2.75) is 13.1 Å². The molecule has 7 rings (SSSR count). The Hall–Kier alpha value is -6.02. The highest BCUT2D eigenvalue weighted by molar-refractivity contribution is 6.08. The summed E-state index contributed by atoms with van der Waals surface area (Å²) in [4.78, 5) is 36.1. The van der Waals surface area contributed by atoms with Crippen LogP contribution in [0.1, 0.15) is 31.8 Å². The summed E-state index contributed by atoms with van der Waals surface area (Å²) in [7, 11) is 0. The van der Waals surface area contributed by atoms with Crippen molar-refractivity contribution in [3.05, 3.63) is 144 Å². The Morgan fingerprint density at radius 3 is 1.48 bits per heavy atom. The zero-order valence-corrected chi connectivity index (χ0v) is 23.5. The smallest absolute Gasteiger partial charge is 0.252 e. The number of aromatic nitrogens is 2. The number of nitrogens with one attached hydrogen (secondary N) is 2. The Labute approximate surface area is 252 Å². The Bertz CT molecular complexity index is 1970. The highest BCUT2D eigenvalue weighted by atomic mass is 16.3. The Balaban J connectivity index is 1.06. The number of amides is 2. The van der Waals surface area contributed by atoms with E-state index < -0.39 is 0 Å². The second-order valence-corrected chi connectivity index (χ2v) is 10.3. The summed E-state index contributed by atoms with van der Waals surface area (Å²) in [6.07, 6.45) is 3.16. The fourth-order valence-electron chi connectivity index (χ4n) is 5.23. The van der Waals surface area contributed by atoms with Crippen LogP contribution in [-0.2, 0) is 13.1 Å². The molecule has 4 aromatic heterocycles. The van der Waals surface area contributed by atoms with Gasteiger partial charge in [-0.3, -0.25) is 9.59 Å². The zero-order chi connectivity index (χ0) is 29.9. The van der Waals surface area contributed by atoms with Crippen LogP contribution in [0.2, 0.25) is 0 Å². The fourth-order valence-corrected chi connectivity index (χ4v) is 5.23. The second kappa shape index (κ2) is 11.7. The number of carbonyl (C=O) groups is 2. The molecule has 0 atom stereocenters. The van der Waals surface area contributed by atoms with Crippen molar-refractivity contribution in [2.75, 3.05) is 0 Å². The molecule has 0 saturated heterocycles. The summed E-state index contributed by atoms with van der Waals surface area (Å²) in [6, 6.07) is 33.6. The lowest BCUT2D eigenvalue weighted by Crippen LogP contribution is -2.24. The van der Waals surface area contributed by atoms with Crippen LogP contribution in [0.4, 0.5) is 0 Å². The first-order chi connectivity index (χ1) is 21.6. The van der Waals surface area contributed by atoms with Gasteiger partial charge in [0.25, 0.3) is 11.8 Å². The number of hydrogen-bond acceptors (Lipinski definition) is 6. The van der Waals surface area contributed by atoms with E-state index in [1.54, 1.807) is 36.8 Å². The molecule has 7 aromatic rings. The van der Waals surface area contributed by atoms with Gasteiger partial charge in [0.2, 0.25) is 0 Å². The molecule has 0 spiro atoms. The number of para-hydroxylation sites is 2. The van der Waals surface area contributed by atoms with Gasteiger partial charge < -0.3 is 19.5 Å². The summed E-state index contributed by atoms with van der Waals surface area (Å²) in [6.45, 7) is 0.629. The minimum Gasteiger partial charge on any atom is -0.463 e. The third kappa shape index (κ3) is 5.44. The second-order valence-electron chi connectivity index (χ2n) is 10.3. The van der Waals surface area contributed by atoms with Crippen LogP contribution in [0.3, 0.4) is 0 Å². The quantitative estimate of drug-likeness (QED) is 0.198. The van der Waals surface area contributed by atoms with Crippen LogP contribution >= 0.6 is 0 Å². The molecule has 0 saturated carbocycles. The first-order valence-corrected chi connectivity index (χ1v) is 14.1. The van der Waals surface area contributed by atoms with Crippen LogP contribution in [0.25, 0.3) is 44.7 Å². The zero-order valence-electron chi connectivity index (χ0n) is 23.5. The lowest BCUT2D eigenvalue weighted by Gasteiger charge is -2.12. The number of hydrogen-bond donors (Lipinski definition) is 2. The standard InChI is InChI=1S/C36H26N4O4/c41-35(27-19-31(33-14-6-16-43-33)39-29-12-3-1-10-25(27)29)37-21-23-8-5-9-24(18-23)22-38-36(42)28-20-32(34-15-7-17-44-34)40-30-13-4-2-11-26(28)30/h1-20H,21-22H2,(H,37,41)(H,38,42). The van der Waals surface area contributed by atoms with Gasteiger partial charge in [-0.05, 0) is 59.7 Å². The predicted octanol–water partition coefficient (Wildman–Crippen LogP) is 7.16. The average molecular weight is 579 g/mol. The van der Waals surface area contributed by atoms with E-state index in [4.69, 9.17) is 8.83 Å². The highest BCUT2D eigenvalue weighted by Crippen LogP contribution is 2.27. The Kier molecular flexibility index (Phi) is 7.14. The maximum absolute atomic E-state index is 13.4. The topological polar surface area (TPSA) is 110 Å². The maximum atomic E-state index is 13.4. The Morgan fingerprint density at radius 1 is 0.545 bits per heavy atom. The minimum absolute atomic E-state index is 0.216. The van der Waals surface area contributed by atoms with Crippen LogP contribution in [0.5, 0.6) is 0 Å². The van der Waals surface area contributed by atoms with E-state index in [1.165, 1.54) is 0 Å². The van der Waals surface area contributed by atoms with Crippen molar-refractivity contribution in [2.24, 2.45) is 0 Å². The lowest BCUT2D eigenvalue weighted by molar-refractivity contribution is 0.0945. The minimum atomic E-state index is -0.216. The van der Waals surface area contributed by atoms with Crippen molar-refractivity contribution in [1.82, 2.24) is 20.6 Å². The van der Waals surface area contributed by atoms with E-state index in [0.29, 0.717) is 58.2 Å². The van der Waals surface area contributed by atoms with Crippen molar-refractivity contribution in [3.8, 4) is 22.9 Å². The third-order valence-corrected chi connectivity index (χ3v) is 7.37. The highest BCUT2D eigenvalue weighted by Gasteiger charge is 2.17. The van der Waals surface area contributed by atoms with Gasteiger partial charge in [0.15, 0.2) is 11.5 Å². The van der Waals surface area contributed by atoms with E-state index >= 15 is 0 Å². The molecule has 0 fully saturated rings. The number of nitrogens with zero attached hydrogens (tertiary/aromatic N) is 2. The van der Waals surface area contributed by atoms with Crippen molar-refractivity contribution >= 4 is 33.6 Å². The Morgan fingerprint density at radius 2 is 1.02 bits per heavy atom. The summed E-state index contributed by atoms with van der Waals surface area (Å²) in [5, 5.41) is 7.59. The SMILES string of the molecule is O=C(NCc1cccc(CNC(=O)c2cc(-c3ccco3)nc3ccccc23)c1)c1cc(-c2ccco2)nc2ccccc12. The molecule has 3 aromatic carbocycles. The van der Waals surface area contributed by atoms with Gasteiger partial charge in [-0.15, -0.1) is 0 Å². The lowest BCUT2D eigenvalue weighted by atomic mass is 10.1. The molecule has 0 unspecified atom stereocenters. The molecular weight excluding hydrogens is 552 g/mol. The molecule has 0 bridgehead atoms. The molecule has 0 aliphatic rings. The van der Waals surface area contributed by atoms with Gasteiger partial charge in [0.1, 0.15) is 11.4 Å². The molecule has 0 radical (unpaired) electrons. The average Bonchev–Trinajstić information content (AvgIpc) is 3.81. The number of fused-ring (bicyclic) bond motifs is 2. The van der Waals surface area contributed by atoms with Crippen molar-refractivity contribution in [3.63, 3.8) is 0 Å². The summed E-state index contributed by atoms with van der Waals surface area (Å²) in [5.74, 6) is 0.757. The molecule has 0 aliphatic carbocycles. The first-order valence-electron chi connectivity index (χ1n) is 14.1. The van der Waals surface area contributed by atoms with Gasteiger partial charge in [0.05, 0.1) is 34.7 Å². The third-order valence-electron chi connectivity index (χ3n) is 7.37. The normalized spacial score (nSPS) is 11.1. The number of furan rings is 2. The van der Waals surface area contributed by atoms with Gasteiger partial charge in [-0.1, -0.05) is 60.7 Å². The van der Waals surface area contributed by atoms with Gasteiger partial charge >= 0.3 is 0 Å². The maximum Gasteiger partial charge on any atom is 0.252 e. The molecule has 4 heterocycles. The van der Waals surface area contributed by atoms with Crippen LogP contribution in [-0.4, -0.2) is 21.8 Å². The molecule has 44 heavy (non-hydrogen) atoms. The summed E-state index contributed by atoms with van der Waals surface area (Å²) in [5.41, 5.74) is 5.45. The van der Waals surface area contributed by atoms with Crippen LogP contribution in [0, 0.1) is 0 Å². The van der Waals surface area contributed by atoms with E-state index in [0.717, 1.165) is 21.9 Å². The van der Waals surface area contributed by atoms with Gasteiger partial charge in [-0.25, -0.2) is 9.97 Å². The monoisotopic (exact) mass is 578 g/mol. The van der Waals surface area contributed by atoms with E-state index in [-0.39, 0.29) is 11.8 Å². The number of benzene rings is 3. The van der Waals surface area contributed by atoms with E-state index in [2.05, 4.69) is 20.6 Å².